The molecule has 2 atom stereocenters. The second-order valence-corrected chi connectivity index (χ2v) is 7.72. The molecule has 2 aromatic rings. The van der Waals surface area contributed by atoms with Crippen LogP contribution in [0.5, 0.6) is 0 Å². The average molecular weight is 352 g/mol. The molecule has 5 heteroatoms. The van der Waals surface area contributed by atoms with E-state index in [4.69, 9.17) is 4.98 Å². The predicted octanol–water partition coefficient (Wildman–Crippen LogP) is 4.10. The van der Waals surface area contributed by atoms with Gasteiger partial charge in [0.05, 0.1) is 10.2 Å². The van der Waals surface area contributed by atoms with Crippen molar-refractivity contribution in [1.29, 1.82) is 0 Å². The summed E-state index contributed by atoms with van der Waals surface area (Å²) in [5, 5.41) is 4.78. The Morgan fingerprint density at radius 3 is 3.15 bits per heavy atom. The quantitative estimate of drug-likeness (QED) is 0.882. The van der Waals surface area contributed by atoms with Crippen LogP contribution in [-0.4, -0.2) is 35.1 Å². The van der Waals surface area contributed by atoms with Crippen LogP contribution in [-0.2, 0) is 0 Å². The van der Waals surface area contributed by atoms with Crippen LogP contribution in [0.1, 0.15) is 25.7 Å². The molecule has 2 aliphatic rings. The van der Waals surface area contributed by atoms with Gasteiger partial charge < -0.3 is 5.32 Å². The Kier molecular flexibility index (Phi) is 3.44. The van der Waals surface area contributed by atoms with Gasteiger partial charge in [-0.25, -0.2) is 4.98 Å². The second-order valence-electron chi connectivity index (χ2n) is 5.77. The Balaban J connectivity index is 1.55. The van der Waals surface area contributed by atoms with Gasteiger partial charge in [0.25, 0.3) is 0 Å². The summed E-state index contributed by atoms with van der Waals surface area (Å²) in [6.45, 7) is 2.54. The van der Waals surface area contributed by atoms with Crippen LogP contribution in [0, 0.1) is 0 Å². The van der Waals surface area contributed by atoms with Crippen molar-refractivity contribution < 1.29 is 0 Å². The smallest absolute Gasteiger partial charge is 0.184 e. The number of nitrogens with one attached hydrogen (secondary N) is 1. The molecular weight excluding hydrogens is 334 g/mol. The lowest BCUT2D eigenvalue weighted by atomic mass is 9.99. The summed E-state index contributed by atoms with van der Waals surface area (Å²) in [4.78, 5) is 7.38. The normalized spacial score (nSPS) is 26.9. The Bertz CT molecular complexity index is 627. The zero-order chi connectivity index (χ0) is 13.5. The third-order valence-corrected chi connectivity index (χ3v) is 5.96. The summed E-state index contributed by atoms with van der Waals surface area (Å²) in [5.41, 5.74) is 1.10. The molecule has 1 aromatic carbocycles. The van der Waals surface area contributed by atoms with Gasteiger partial charge in [-0.1, -0.05) is 33.7 Å². The minimum absolute atomic E-state index is 0.583. The van der Waals surface area contributed by atoms with Crippen LogP contribution in [0.3, 0.4) is 0 Å². The third kappa shape index (κ3) is 2.36. The Morgan fingerprint density at radius 2 is 2.20 bits per heavy atom. The molecule has 2 fully saturated rings. The molecule has 0 aliphatic carbocycles. The maximum Gasteiger partial charge on any atom is 0.184 e. The zero-order valence-corrected chi connectivity index (χ0v) is 13.7. The first-order valence-electron chi connectivity index (χ1n) is 7.36. The maximum atomic E-state index is 4.72. The van der Waals surface area contributed by atoms with Crippen LogP contribution in [0.15, 0.2) is 22.7 Å². The lowest BCUT2D eigenvalue weighted by Crippen LogP contribution is -2.41. The van der Waals surface area contributed by atoms with Gasteiger partial charge in [-0.15, -0.1) is 0 Å². The van der Waals surface area contributed by atoms with Gasteiger partial charge in [0.1, 0.15) is 0 Å². The molecule has 0 amide bonds. The number of rotatable bonds is 2. The number of thiazole rings is 1. The highest BCUT2D eigenvalue weighted by molar-refractivity contribution is 9.10. The Hall–Kier alpha value is -0.650. The zero-order valence-electron chi connectivity index (χ0n) is 11.3. The van der Waals surface area contributed by atoms with Crippen molar-refractivity contribution in [3.8, 4) is 0 Å². The van der Waals surface area contributed by atoms with Crippen LogP contribution < -0.4 is 5.32 Å². The van der Waals surface area contributed by atoms with Crippen LogP contribution in [0.2, 0.25) is 0 Å². The van der Waals surface area contributed by atoms with E-state index in [1.165, 1.54) is 43.5 Å². The van der Waals surface area contributed by atoms with Gasteiger partial charge in [-0.05, 0) is 44.0 Å². The standard InChI is InChI=1S/C15H18BrN3S/c16-10-4-5-12-14(9-10)20-15(18-12)17-11-6-8-19-7-2-1-3-13(11)19/h4-5,9,11,13H,1-3,6-8H2,(H,17,18). The summed E-state index contributed by atoms with van der Waals surface area (Å²) in [6.07, 6.45) is 5.35. The van der Waals surface area contributed by atoms with Gasteiger partial charge >= 0.3 is 0 Å². The first kappa shape index (κ1) is 13.0. The number of nitrogens with zero attached hydrogens (tertiary/aromatic N) is 2. The summed E-state index contributed by atoms with van der Waals surface area (Å²) in [6, 6.07) is 7.61. The van der Waals surface area contributed by atoms with Crippen molar-refractivity contribution in [2.45, 2.75) is 37.8 Å². The largest absolute Gasteiger partial charge is 0.357 e. The first-order chi connectivity index (χ1) is 9.79. The van der Waals surface area contributed by atoms with Gasteiger partial charge in [-0.3, -0.25) is 4.90 Å². The van der Waals surface area contributed by atoms with E-state index in [0.717, 1.165) is 21.2 Å². The molecule has 0 bridgehead atoms. The molecule has 0 spiro atoms. The second kappa shape index (κ2) is 5.28. The number of halogens is 1. The van der Waals surface area contributed by atoms with Crippen molar-refractivity contribution in [1.82, 2.24) is 9.88 Å². The highest BCUT2D eigenvalue weighted by Gasteiger charge is 2.35. The summed E-state index contributed by atoms with van der Waals surface area (Å²) < 4.78 is 2.37. The minimum Gasteiger partial charge on any atom is -0.357 e. The van der Waals surface area contributed by atoms with E-state index in [1.54, 1.807) is 11.3 Å². The SMILES string of the molecule is Brc1ccc2nc(NC3CCN4CCCCC34)sc2c1. The number of fused-ring (bicyclic) bond motifs is 2. The third-order valence-electron chi connectivity index (χ3n) is 4.52. The average Bonchev–Trinajstić information content (AvgIpc) is 3.03. The van der Waals surface area contributed by atoms with Gasteiger partial charge in [-0.2, -0.15) is 0 Å². The molecule has 1 aromatic heterocycles. The number of benzene rings is 1. The van der Waals surface area contributed by atoms with Crippen molar-refractivity contribution >= 4 is 42.6 Å². The van der Waals surface area contributed by atoms with Gasteiger partial charge in [0.2, 0.25) is 0 Å². The van der Waals surface area contributed by atoms with E-state index in [1.807, 2.05) is 0 Å². The fourth-order valence-corrected chi connectivity index (χ4v) is 5.01. The summed E-state index contributed by atoms with van der Waals surface area (Å²) in [7, 11) is 0. The fraction of sp³-hybridized carbons (Fsp3) is 0.533. The van der Waals surface area contributed by atoms with Crippen molar-refractivity contribution in [3.63, 3.8) is 0 Å². The molecule has 2 saturated heterocycles. The van der Waals surface area contributed by atoms with Crippen LogP contribution in [0.4, 0.5) is 5.13 Å². The van der Waals surface area contributed by atoms with Gasteiger partial charge in [0.15, 0.2) is 5.13 Å². The van der Waals surface area contributed by atoms with E-state index >= 15 is 0 Å². The molecule has 3 heterocycles. The number of aromatic nitrogens is 1. The number of hydrogen-bond acceptors (Lipinski definition) is 4. The van der Waals surface area contributed by atoms with E-state index in [-0.39, 0.29) is 0 Å². The minimum atomic E-state index is 0.583. The molecule has 20 heavy (non-hydrogen) atoms. The monoisotopic (exact) mass is 351 g/mol. The Labute approximate surface area is 131 Å². The van der Waals surface area contributed by atoms with E-state index in [2.05, 4.69) is 44.3 Å². The molecule has 3 nitrogen and oxygen atoms in total. The molecule has 0 radical (unpaired) electrons. The lowest BCUT2D eigenvalue weighted by molar-refractivity contribution is 0.193. The van der Waals surface area contributed by atoms with Crippen LogP contribution in [0.25, 0.3) is 10.2 Å². The number of piperidine rings is 1. The predicted molar refractivity (Wildman–Crippen MR) is 88.6 cm³/mol. The fourth-order valence-electron chi connectivity index (χ4n) is 3.53. The summed E-state index contributed by atoms with van der Waals surface area (Å²) >= 11 is 5.29. The van der Waals surface area contributed by atoms with Crippen molar-refractivity contribution in [2.24, 2.45) is 0 Å². The molecule has 2 aliphatic heterocycles. The number of anilines is 1. The lowest BCUT2D eigenvalue weighted by Gasteiger charge is -2.32. The first-order valence-corrected chi connectivity index (χ1v) is 8.97. The highest BCUT2D eigenvalue weighted by Crippen LogP contribution is 2.33. The molecule has 106 valence electrons. The molecular formula is C15H18BrN3S. The highest BCUT2D eigenvalue weighted by atomic mass is 79.9. The van der Waals surface area contributed by atoms with E-state index < -0.39 is 0 Å². The topological polar surface area (TPSA) is 28.2 Å². The molecule has 1 N–H and O–H groups in total. The maximum absolute atomic E-state index is 4.72. The Morgan fingerprint density at radius 1 is 1.25 bits per heavy atom. The van der Waals surface area contributed by atoms with Crippen LogP contribution >= 0.6 is 27.3 Å². The number of hydrogen-bond donors (Lipinski definition) is 1. The van der Waals surface area contributed by atoms with E-state index in [9.17, 15) is 0 Å². The molecule has 4 rings (SSSR count). The summed E-state index contributed by atoms with van der Waals surface area (Å²) in [5.74, 6) is 0. The molecule has 0 saturated carbocycles. The molecule has 2 unspecified atom stereocenters. The van der Waals surface area contributed by atoms with Gasteiger partial charge in [0, 0.05) is 23.1 Å². The van der Waals surface area contributed by atoms with Crippen molar-refractivity contribution in [3.05, 3.63) is 22.7 Å². The van der Waals surface area contributed by atoms with E-state index in [0.29, 0.717) is 6.04 Å². The van der Waals surface area contributed by atoms with Crippen molar-refractivity contribution in [2.75, 3.05) is 18.4 Å².